The fraction of sp³-hybridized carbons (Fsp3) is 0.333. The van der Waals surface area contributed by atoms with Crippen LogP contribution in [0.25, 0.3) is 0 Å². The van der Waals surface area contributed by atoms with Gasteiger partial charge in [0.25, 0.3) is 0 Å². The summed E-state index contributed by atoms with van der Waals surface area (Å²) in [6.45, 7) is 6.36. The van der Waals surface area contributed by atoms with Crippen LogP contribution in [-0.4, -0.2) is 35.1 Å². The van der Waals surface area contributed by atoms with Gasteiger partial charge in [-0.05, 0) is 38.1 Å². The van der Waals surface area contributed by atoms with Gasteiger partial charge in [0.05, 0.1) is 37.0 Å². The van der Waals surface area contributed by atoms with Crippen molar-refractivity contribution in [2.24, 2.45) is 14.1 Å². The highest BCUT2D eigenvalue weighted by Gasteiger charge is 2.04. The molecule has 0 fully saturated rings. The van der Waals surface area contributed by atoms with Gasteiger partial charge >= 0.3 is 0 Å². The van der Waals surface area contributed by atoms with Crippen molar-refractivity contribution in [2.75, 3.05) is 0 Å². The minimum atomic E-state index is -4.61. The monoisotopic (exact) mass is 458 g/mol. The summed E-state index contributed by atoms with van der Waals surface area (Å²) in [5.41, 5.74) is 0. The summed E-state index contributed by atoms with van der Waals surface area (Å²) in [7, 11) is -5.18. The number of nitrogens with zero attached hydrogens (tertiary/aromatic N) is 4. The minimum absolute atomic E-state index is 0.579. The Morgan fingerprint density at radius 3 is 1.17 bits per heavy atom. The summed E-state index contributed by atoms with van der Waals surface area (Å²) in [6.07, 6.45) is 12.3. The van der Waals surface area contributed by atoms with E-state index in [1.54, 1.807) is 0 Å². The van der Waals surface area contributed by atoms with Crippen molar-refractivity contribution in [3.63, 3.8) is 0 Å². The van der Waals surface area contributed by atoms with Crippen LogP contribution in [0.3, 0.4) is 0 Å². The standard InChI is InChI=1S/2C6H11N2.C6H6O6S2/c2*1-3-8-5-4-7(2)6-8;7-13(8,9)5-1-2-6(4-3-5)14(10,11)12/h2*4-6H,3H2,1-2H3;1-4H,(H,7,8,9)(H,10,11,12)/q2*+1;/p-2. The number of benzene rings is 1. The highest BCUT2D eigenvalue weighted by atomic mass is 32.2. The van der Waals surface area contributed by atoms with Gasteiger partial charge in [-0.15, -0.1) is 0 Å². The van der Waals surface area contributed by atoms with E-state index in [0.29, 0.717) is 0 Å². The maximum atomic E-state index is 10.4. The lowest BCUT2D eigenvalue weighted by Gasteiger charge is -2.09. The van der Waals surface area contributed by atoms with Crippen molar-refractivity contribution in [3.05, 3.63) is 61.7 Å². The van der Waals surface area contributed by atoms with E-state index in [9.17, 15) is 25.9 Å². The highest BCUT2D eigenvalue weighted by Crippen LogP contribution is 2.13. The zero-order valence-corrected chi connectivity index (χ0v) is 18.9. The Hall–Kier alpha value is -2.54. The molecule has 0 unspecified atom stereocenters. The minimum Gasteiger partial charge on any atom is -0.744 e. The molecule has 10 nitrogen and oxygen atoms in total. The topological polar surface area (TPSA) is 132 Å². The highest BCUT2D eigenvalue weighted by molar-refractivity contribution is 7.86. The van der Waals surface area contributed by atoms with Crippen LogP contribution in [0.1, 0.15) is 13.8 Å². The molecule has 0 aliphatic heterocycles. The molecule has 0 saturated carbocycles. The third-order valence-corrected chi connectivity index (χ3v) is 5.48. The van der Waals surface area contributed by atoms with E-state index in [2.05, 4.69) is 48.0 Å². The van der Waals surface area contributed by atoms with Crippen LogP contribution in [-0.2, 0) is 47.4 Å². The summed E-state index contributed by atoms with van der Waals surface area (Å²) >= 11 is 0. The average molecular weight is 459 g/mol. The summed E-state index contributed by atoms with van der Waals surface area (Å²) in [5, 5.41) is 0. The van der Waals surface area contributed by atoms with Crippen molar-refractivity contribution < 1.29 is 35.1 Å². The molecular formula is C18H26N4O6S2. The van der Waals surface area contributed by atoms with Crippen LogP contribution in [0.5, 0.6) is 0 Å². The van der Waals surface area contributed by atoms with Crippen LogP contribution in [0.4, 0.5) is 0 Å². The molecule has 0 N–H and O–H groups in total. The average Bonchev–Trinajstić information content (AvgIpc) is 3.29. The van der Waals surface area contributed by atoms with Crippen LogP contribution in [0, 0.1) is 0 Å². The molecule has 0 amide bonds. The molecule has 3 aromatic rings. The van der Waals surface area contributed by atoms with E-state index in [1.807, 2.05) is 35.6 Å². The fourth-order valence-corrected chi connectivity index (χ4v) is 3.09. The van der Waals surface area contributed by atoms with Crippen LogP contribution >= 0.6 is 0 Å². The number of aromatic nitrogens is 4. The first-order valence-electron chi connectivity index (χ1n) is 8.90. The Bertz CT molecular complexity index is 1040. The van der Waals surface area contributed by atoms with Crippen LogP contribution < -0.4 is 9.13 Å². The first-order chi connectivity index (χ1) is 13.9. The molecule has 0 saturated heterocycles. The third-order valence-electron chi connectivity index (χ3n) is 3.78. The molecule has 0 bridgehead atoms. The smallest absolute Gasteiger partial charge is 0.243 e. The van der Waals surface area contributed by atoms with E-state index >= 15 is 0 Å². The van der Waals surface area contributed by atoms with Gasteiger partial charge in [0, 0.05) is 0 Å². The Labute approximate surface area is 177 Å². The van der Waals surface area contributed by atoms with E-state index in [0.717, 1.165) is 37.4 Å². The van der Waals surface area contributed by atoms with E-state index in [-0.39, 0.29) is 0 Å². The molecule has 166 valence electrons. The van der Waals surface area contributed by atoms with Crippen molar-refractivity contribution in [3.8, 4) is 0 Å². The number of rotatable bonds is 4. The third kappa shape index (κ3) is 8.86. The Balaban J connectivity index is 0.000000240. The predicted octanol–water partition coefficient (Wildman–Crippen LogP) is 0.160. The number of hydrogen-bond acceptors (Lipinski definition) is 6. The molecule has 0 atom stereocenters. The molecule has 2 heterocycles. The number of aryl methyl sites for hydroxylation is 4. The quantitative estimate of drug-likeness (QED) is 0.404. The molecule has 0 aliphatic rings. The second-order valence-electron chi connectivity index (χ2n) is 6.20. The van der Waals surface area contributed by atoms with E-state index < -0.39 is 30.0 Å². The van der Waals surface area contributed by atoms with Crippen molar-refractivity contribution in [1.82, 2.24) is 9.13 Å². The fourth-order valence-electron chi connectivity index (χ4n) is 2.15. The second kappa shape index (κ2) is 11.0. The summed E-state index contributed by atoms with van der Waals surface area (Å²) in [5.74, 6) is 0. The lowest BCUT2D eigenvalue weighted by atomic mass is 10.4. The van der Waals surface area contributed by atoms with Crippen molar-refractivity contribution >= 4 is 20.2 Å². The lowest BCUT2D eigenvalue weighted by Crippen LogP contribution is -2.23. The van der Waals surface area contributed by atoms with Crippen molar-refractivity contribution in [1.29, 1.82) is 0 Å². The number of imidazole rings is 2. The molecule has 30 heavy (non-hydrogen) atoms. The first-order valence-corrected chi connectivity index (χ1v) is 11.7. The van der Waals surface area contributed by atoms with Gasteiger partial charge in [-0.3, -0.25) is 0 Å². The van der Waals surface area contributed by atoms with Crippen molar-refractivity contribution in [2.45, 2.75) is 36.7 Å². The lowest BCUT2D eigenvalue weighted by molar-refractivity contribution is -0.671. The van der Waals surface area contributed by atoms with Crippen LogP contribution in [0.15, 0.2) is 71.5 Å². The van der Waals surface area contributed by atoms with Gasteiger partial charge in [-0.2, -0.15) is 0 Å². The molecule has 0 aliphatic carbocycles. The normalized spacial score (nSPS) is 11.1. The summed E-state index contributed by atoms with van der Waals surface area (Å²) < 4.78 is 70.8. The molecule has 12 heteroatoms. The van der Waals surface area contributed by atoms with E-state index in [4.69, 9.17) is 0 Å². The van der Waals surface area contributed by atoms with Crippen LogP contribution in [0.2, 0.25) is 0 Å². The van der Waals surface area contributed by atoms with Gasteiger partial charge < -0.3 is 9.11 Å². The Morgan fingerprint density at radius 2 is 1.03 bits per heavy atom. The molecule has 3 rings (SSSR count). The summed E-state index contributed by atoms with van der Waals surface area (Å²) in [4.78, 5) is -1.16. The van der Waals surface area contributed by atoms with E-state index in [1.165, 1.54) is 0 Å². The largest absolute Gasteiger partial charge is 0.744 e. The predicted molar refractivity (Wildman–Crippen MR) is 105 cm³/mol. The van der Waals surface area contributed by atoms with Gasteiger partial charge in [0.1, 0.15) is 45.0 Å². The van der Waals surface area contributed by atoms with Gasteiger partial charge in [-0.25, -0.2) is 35.1 Å². The molecule has 1 aromatic carbocycles. The Kier molecular flexibility index (Phi) is 9.36. The number of hydrogen-bond donors (Lipinski definition) is 0. The SMILES string of the molecule is CCn1cc[n+](C)c1.CCn1cc[n+](C)c1.O=S(=O)([O-])c1ccc(S(=O)(=O)[O-])cc1. The summed E-state index contributed by atoms with van der Waals surface area (Å²) in [6, 6.07) is 3.08. The molecule has 2 aromatic heterocycles. The molecule has 0 radical (unpaired) electrons. The Morgan fingerprint density at radius 1 is 0.733 bits per heavy atom. The maximum absolute atomic E-state index is 10.4. The second-order valence-corrected chi connectivity index (χ2v) is 8.96. The van der Waals surface area contributed by atoms with Gasteiger partial charge in [-0.1, -0.05) is 0 Å². The zero-order chi connectivity index (χ0) is 22.9. The maximum Gasteiger partial charge on any atom is 0.243 e. The van der Waals surface area contributed by atoms with Gasteiger partial charge in [0.2, 0.25) is 12.7 Å². The first kappa shape index (κ1) is 25.5. The van der Waals surface area contributed by atoms with Gasteiger partial charge in [0.15, 0.2) is 0 Å². The molecule has 0 spiro atoms. The zero-order valence-electron chi connectivity index (χ0n) is 17.2. The molecular weight excluding hydrogens is 432 g/mol.